The molecule has 0 radical (unpaired) electrons. The maximum atomic E-state index is 14.3. The number of carbonyl (C=O) groups excluding carboxylic acids is 7. The SMILES string of the molecule is COc1cc2cc(c1Cl)N(C)C(=O)C[C@H](OC(=O)[C@H](C)N(C)C(=O)CCOCCn1cc(COCCOCCOCCOCCNC(=O)CCN3C(=O)C=CC3=O)nn1)[C@]1(C)O[C@H]1[C@H](C)[C@@H]1C[C@@](O)(NC(=O)O1)[C@H](OC)/C=C/C=C(\C)C2. The number of rotatable bonds is 28. The number of hydrogen-bond donors (Lipinski definition) is 3. The molecule has 1 aromatic carbocycles. The summed E-state index contributed by atoms with van der Waals surface area (Å²) in [6.45, 7) is 10.3. The third kappa shape index (κ3) is 18.1. The standard InChI is InChI=1S/C55H77ClN8O18/c1-35-10-9-11-43(74-8)55(72)32-42(80-53(71)58-55)36(2)51-54(4,82-51)44(31-49(69)62(6)40-29-38(28-35)30-41(73-7)50(40)56)81-52(70)37(3)61(5)46(66)15-19-75-21-18-63-33-39(59-60-63)34-79-27-26-78-25-24-77-23-22-76-20-16-57-45(65)14-17-64-47(67)12-13-48(64)68/h9-13,29-30,33,36-37,42-44,51,72H,14-28,31-32,34H2,1-8H3,(H,57,65)(H,58,71)/b11-9+,35-10+/t36-,37+,42+,43-,44+,51+,54+,55+/m1/s1. The van der Waals surface area contributed by atoms with Gasteiger partial charge in [-0.1, -0.05) is 47.5 Å². The Morgan fingerprint density at radius 3 is 2.30 bits per heavy atom. The van der Waals surface area contributed by atoms with E-state index in [4.69, 9.17) is 59.0 Å². The van der Waals surface area contributed by atoms with E-state index in [1.54, 1.807) is 56.1 Å². The predicted octanol–water partition coefficient (Wildman–Crippen LogP) is 2.21. The number of benzene rings is 1. The molecule has 82 heavy (non-hydrogen) atoms. The average molecular weight is 1170 g/mol. The second-order valence-corrected chi connectivity index (χ2v) is 20.8. The lowest BCUT2D eigenvalue weighted by Crippen LogP contribution is -2.63. The van der Waals surface area contributed by atoms with Crippen LogP contribution < -0.4 is 20.3 Å². The van der Waals surface area contributed by atoms with Crippen LogP contribution in [0.5, 0.6) is 5.75 Å². The fraction of sp³-hybridized carbons (Fsp3) is 0.618. The lowest BCUT2D eigenvalue weighted by atomic mass is 9.83. The van der Waals surface area contributed by atoms with E-state index in [0.717, 1.165) is 16.0 Å². The first-order valence-electron chi connectivity index (χ1n) is 27.1. The molecule has 2 aromatic rings. The van der Waals surface area contributed by atoms with Gasteiger partial charge in [-0.15, -0.1) is 5.10 Å². The van der Waals surface area contributed by atoms with Gasteiger partial charge in [0.25, 0.3) is 11.8 Å². The quantitative estimate of drug-likeness (QED) is 0.0476. The number of ether oxygens (including phenoxy) is 10. The van der Waals surface area contributed by atoms with Crippen LogP contribution in [0.1, 0.15) is 64.6 Å². The van der Waals surface area contributed by atoms with Gasteiger partial charge in [-0.25, -0.2) is 14.3 Å². The molecule has 26 nitrogen and oxygen atoms in total. The van der Waals surface area contributed by atoms with Crippen molar-refractivity contribution in [2.24, 2.45) is 5.92 Å². The Morgan fingerprint density at radius 1 is 0.951 bits per heavy atom. The number of aromatic nitrogens is 3. The third-order valence-corrected chi connectivity index (χ3v) is 14.8. The lowest BCUT2D eigenvalue weighted by Gasteiger charge is -2.42. The zero-order valence-corrected chi connectivity index (χ0v) is 48.5. The molecular formula is C55H77ClN8O18. The van der Waals surface area contributed by atoms with Crippen molar-refractivity contribution in [1.82, 2.24) is 35.4 Å². The molecule has 0 unspecified atom stereocenters. The van der Waals surface area contributed by atoms with Crippen LogP contribution in [0.25, 0.3) is 0 Å². The molecular weight excluding hydrogens is 1100 g/mol. The van der Waals surface area contributed by atoms with Crippen molar-refractivity contribution in [3.63, 3.8) is 0 Å². The van der Waals surface area contributed by atoms with Gasteiger partial charge in [0.05, 0.1) is 111 Å². The minimum absolute atomic E-state index is 0.0151. The molecule has 452 valence electrons. The molecule has 4 bridgehead atoms. The number of epoxide rings is 1. The number of methoxy groups -OCH3 is 2. The number of amides is 6. The Balaban J connectivity index is 0.905. The number of fused-ring (bicyclic) bond motifs is 5. The molecule has 4 aliphatic heterocycles. The third-order valence-electron chi connectivity index (χ3n) is 14.4. The maximum Gasteiger partial charge on any atom is 0.409 e. The minimum Gasteiger partial charge on any atom is -0.495 e. The van der Waals surface area contributed by atoms with Crippen LogP contribution >= 0.6 is 11.6 Å². The van der Waals surface area contributed by atoms with Crippen molar-refractivity contribution >= 4 is 58.9 Å². The first-order chi connectivity index (χ1) is 39.2. The van der Waals surface area contributed by atoms with Gasteiger partial charge in [0, 0.05) is 65.2 Å². The van der Waals surface area contributed by atoms with E-state index >= 15 is 0 Å². The summed E-state index contributed by atoms with van der Waals surface area (Å²) >= 11 is 6.82. The number of anilines is 1. The van der Waals surface area contributed by atoms with Gasteiger partial charge in [-0.05, 0) is 44.9 Å². The summed E-state index contributed by atoms with van der Waals surface area (Å²) in [7, 11) is 5.92. The lowest BCUT2D eigenvalue weighted by molar-refractivity contribution is -0.162. The van der Waals surface area contributed by atoms with Crippen LogP contribution in [0, 0.1) is 5.92 Å². The Hall–Kier alpha value is -6.36. The van der Waals surface area contributed by atoms with Crippen molar-refractivity contribution in [2.45, 2.75) is 115 Å². The highest BCUT2D eigenvalue weighted by Crippen LogP contribution is 2.49. The second-order valence-electron chi connectivity index (χ2n) is 20.4. The fourth-order valence-corrected chi connectivity index (χ4v) is 9.69. The molecule has 8 atom stereocenters. The van der Waals surface area contributed by atoms with E-state index in [0.29, 0.717) is 69.7 Å². The second kappa shape index (κ2) is 30.8. The Bertz CT molecular complexity index is 2630. The predicted molar refractivity (Wildman–Crippen MR) is 292 cm³/mol. The molecule has 0 spiro atoms. The molecule has 1 aromatic heterocycles. The topological polar surface area (TPSA) is 300 Å². The van der Waals surface area contributed by atoms with E-state index in [9.17, 15) is 38.7 Å². The van der Waals surface area contributed by atoms with E-state index in [2.05, 4.69) is 20.9 Å². The summed E-state index contributed by atoms with van der Waals surface area (Å²) in [6, 6.07) is 2.45. The molecule has 0 saturated carbocycles. The van der Waals surface area contributed by atoms with Crippen LogP contribution in [0.3, 0.4) is 0 Å². The van der Waals surface area contributed by atoms with Crippen molar-refractivity contribution in [1.29, 1.82) is 0 Å². The minimum atomic E-state index is -1.87. The number of hydrogen-bond acceptors (Lipinski definition) is 20. The normalized spacial score (nSPS) is 25.1. The summed E-state index contributed by atoms with van der Waals surface area (Å²) in [5.74, 6) is -3.05. The summed E-state index contributed by atoms with van der Waals surface area (Å²) in [6.07, 6.45) is 4.54. The van der Waals surface area contributed by atoms with Crippen LogP contribution in [-0.4, -0.2) is 214 Å². The summed E-state index contributed by atoms with van der Waals surface area (Å²) in [4.78, 5) is 93.5. The largest absolute Gasteiger partial charge is 0.495 e. The highest BCUT2D eigenvalue weighted by atomic mass is 35.5. The number of imide groups is 1. The number of halogens is 1. The van der Waals surface area contributed by atoms with Gasteiger partial charge in [0.15, 0.2) is 5.72 Å². The van der Waals surface area contributed by atoms with Crippen molar-refractivity contribution in [3.8, 4) is 5.75 Å². The summed E-state index contributed by atoms with van der Waals surface area (Å²) < 4.78 is 58.9. The fourth-order valence-electron chi connectivity index (χ4n) is 9.38. The van der Waals surface area contributed by atoms with Crippen molar-refractivity contribution < 1.29 is 86.0 Å². The van der Waals surface area contributed by atoms with Crippen LogP contribution in [0.2, 0.25) is 5.02 Å². The number of nitrogens with zero attached hydrogens (tertiary/aromatic N) is 6. The molecule has 5 heterocycles. The molecule has 4 aliphatic rings. The van der Waals surface area contributed by atoms with E-state index < -0.39 is 83.4 Å². The van der Waals surface area contributed by atoms with Gasteiger partial charge < -0.3 is 67.6 Å². The molecule has 27 heteroatoms. The zero-order chi connectivity index (χ0) is 59.6. The van der Waals surface area contributed by atoms with E-state index in [1.165, 1.54) is 50.1 Å². The Labute approximate surface area is 481 Å². The van der Waals surface area contributed by atoms with Crippen molar-refractivity contribution in [3.05, 3.63) is 70.6 Å². The number of nitrogens with one attached hydrogen (secondary N) is 2. The number of alkyl carbamates (subject to hydrolysis) is 1. The number of carbonyl (C=O) groups is 7. The van der Waals surface area contributed by atoms with Crippen LogP contribution in [0.15, 0.2) is 54.3 Å². The number of aliphatic hydroxyl groups is 1. The molecule has 3 N–H and O–H groups in total. The molecule has 6 rings (SSSR count). The van der Waals surface area contributed by atoms with Gasteiger partial charge >= 0.3 is 12.1 Å². The Kier molecular flexibility index (Phi) is 24.3. The zero-order valence-electron chi connectivity index (χ0n) is 47.8. The average Bonchev–Trinajstić information content (AvgIpc) is 4.02. The van der Waals surface area contributed by atoms with Crippen molar-refractivity contribution in [2.75, 3.05) is 106 Å². The number of esters is 1. The van der Waals surface area contributed by atoms with Gasteiger partial charge in [-0.3, -0.25) is 34.2 Å². The van der Waals surface area contributed by atoms with Crippen LogP contribution in [0.4, 0.5) is 10.5 Å². The maximum absolute atomic E-state index is 14.3. The van der Waals surface area contributed by atoms with Gasteiger partial charge in [0.1, 0.15) is 46.4 Å². The van der Waals surface area contributed by atoms with E-state index in [1.807, 2.05) is 13.0 Å². The summed E-state index contributed by atoms with van der Waals surface area (Å²) in [5.41, 5.74) is -0.524. The Morgan fingerprint density at radius 2 is 1.62 bits per heavy atom. The van der Waals surface area contributed by atoms with E-state index in [-0.39, 0.29) is 76.1 Å². The monoisotopic (exact) mass is 1170 g/mol. The molecule has 2 fully saturated rings. The van der Waals surface area contributed by atoms with Gasteiger partial charge in [-0.2, -0.15) is 0 Å². The smallest absolute Gasteiger partial charge is 0.409 e. The highest BCUT2D eigenvalue weighted by molar-refractivity contribution is 6.35. The first kappa shape index (κ1) is 64.8. The molecule has 0 aliphatic carbocycles. The van der Waals surface area contributed by atoms with Crippen LogP contribution in [-0.2, 0) is 91.0 Å². The van der Waals surface area contributed by atoms with Gasteiger partial charge in [0.2, 0.25) is 17.7 Å². The highest BCUT2D eigenvalue weighted by Gasteiger charge is 2.64. The molecule has 6 amide bonds. The number of allylic oxidation sites excluding steroid dienone is 3. The summed E-state index contributed by atoms with van der Waals surface area (Å²) in [5, 5.41) is 25.5. The number of likely N-dealkylation sites (N-methyl/N-ethyl adjacent to an activating group) is 1. The molecule has 2 saturated heterocycles. The first-order valence-corrected chi connectivity index (χ1v) is 27.5.